The van der Waals surface area contributed by atoms with E-state index in [9.17, 15) is 14.4 Å². The number of nitrogens with one attached hydrogen (secondary N) is 2. The molecule has 3 aromatic rings. The van der Waals surface area contributed by atoms with Gasteiger partial charge in [-0.25, -0.2) is 0 Å². The predicted molar refractivity (Wildman–Crippen MR) is 135 cm³/mol. The zero-order valence-corrected chi connectivity index (χ0v) is 20.1. The van der Waals surface area contributed by atoms with Crippen molar-refractivity contribution in [2.45, 2.75) is 37.8 Å². The molecular formula is C26H26ClN3O3S. The molecule has 1 saturated carbocycles. The summed E-state index contributed by atoms with van der Waals surface area (Å²) in [4.78, 5) is 41.6. The summed E-state index contributed by atoms with van der Waals surface area (Å²) in [5.74, 6) is -0.969. The van der Waals surface area contributed by atoms with Crippen LogP contribution in [0.25, 0.3) is 0 Å². The molecule has 176 valence electrons. The number of hydrogen-bond acceptors (Lipinski definition) is 4. The molecular weight excluding hydrogens is 470 g/mol. The fourth-order valence-electron chi connectivity index (χ4n) is 4.17. The summed E-state index contributed by atoms with van der Waals surface area (Å²) in [6.45, 7) is -0.244. The molecule has 0 saturated heterocycles. The van der Waals surface area contributed by atoms with E-state index in [4.69, 9.17) is 11.6 Å². The summed E-state index contributed by atoms with van der Waals surface area (Å²) in [5, 5.41) is 8.17. The average molecular weight is 496 g/mol. The Balaban J connectivity index is 1.65. The largest absolute Gasteiger partial charge is 0.351 e. The van der Waals surface area contributed by atoms with Crippen LogP contribution in [0.2, 0.25) is 5.02 Å². The molecule has 6 nitrogen and oxygen atoms in total. The van der Waals surface area contributed by atoms with E-state index in [0.29, 0.717) is 21.2 Å². The highest BCUT2D eigenvalue weighted by Gasteiger charge is 2.34. The number of hydrogen-bond donors (Lipinski definition) is 2. The normalized spacial score (nSPS) is 14.4. The second kappa shape index (κ2) is 11.3. The van der Waals surface area contributed by atoms with Gasteiger partial charge in [0.25, 0.3) is 5.91 Å². The van der Waals surface area contributed by atoms with Gasteiger partial charge in [-0.05, 0) is 54.1 Å². The van der Waals surface area contributed by atoms with Crippen molar-refractivity contribution in [2.24, 2.45) is 0 Å². The van der Waals surface area contributed by atoms with Crippen LogP contribution in [0.5, 0.6) is 0 Å². The molecule has 0 aliphatic heterocycles. The van der Waals surface area contributed by atoms with Crippen molar-refractivity contribution in [2.75, 3.05) is 11.4 Å². The quantitative estimate of drug-likeness (QED) is 0.463. The summed E-state index contributed by atoms with van der Waals surface area (Å²) in [6, 6.07) is 18.6. The number of nitrogens with zero attached hydrogens (tertiary/aromatic N) is 1. The lowest BCUT2D eigenvalue weighted by atomic mass is 10.0. The number of halogens is 1. The van der Waals surface area contributed by atoms with Crippen LogP contribution in [-0.4, -0.2) is 30.3 Å². The first-order valence-corrected chi connectivity index (χ1v) is 12.5. The number of thiophene rings is 1. The molecule has 0 bridgehead atoms. The zero-order chi connectivity index (χ0) is 23.9. The number of amides is 3. The van der Waals surface area contributed by atoms with E-state index in [1.54, 1.807) is 53.9 Å². The minimum absolute atomic E-state index is 0.0913. The van der Waals surface area contributed by atoms with Gasteiger partial charge in [-0.1, -0.05) is 60.8 Å². The van der Waals surface area contributed by atoms with Crippen LogP contribution in [0.1, 0.15) is 47.0 Å². The lowest BCUT2D eigenvalue weighted by Crippen LogP contribution is -2.49. The third kappa shape index (κ3) is 5.85. The molecule has 1 aliphatic rings. The molecule has 34 heavy (non-hydrogen) atoms. The second-order valence-electron chi connectivity index (χ2n) is 8.20. The first-order chi connectivity index (χ1) is 16.5. The van der Waals surface area contributed by atoms with E-state index in [-0.39, 0.29) is 24.4 Å². The Morgan fingerprint density at radius 3 is 2.32 bits per heavy atom. The monoisotopic (exact) mass is 495 g/mol. The fraction of sp³-hybridized carbons (Fsp3) is 0.269. The summed E-state index contributed by atoms with van der Waals surface area (Å²) >= 11 is 7.40. The van der Waals surface area contributed by atoms with Gasteiger partial charge < -0.3 is 10.6 Å². The summed E-state index contributed by atoms with van der Waals surface area (Å²) in [7, 11) is 0. The molecule has 0 spiro atoms. The number of para-hydroxylation sites is 1. The van der Waals surface area contributed by atoms with Gasteiger partial charge in [-0.2, -0.15) is 0 Å². The van der Waals surface area contributed by atoms with Gasteiger partial charge in [0.05, 0.1) is 11.4 Å². The molecule has 4 rings (SSSR count). The van der Waals surface area contributed by atoms with Crippen molar-refractivity contribution < 1.29 is 14.4 Å². The van der Waals surface area contributed by atoms with Crippen molar-refractivity contribution >= 4 is 46.3 Å². The first kappa shape index (κ1) is 24.0. The number of anilines is 1. The second-order valence-corrected chi connectivity index (χ2v) is 9.59. The maximum atomic E-state index is 13.6. The minimum Gasteiger partial charge on any atom is -0.351 e. The predicted octanol–water partition coefficient (Wildman–Crippen LogP) is 4.96. The van der Waals surface area contributed by atoms with E-state index in [1.807, 2.05) is 18.2 Å². The maximum Gasteiger partial charge on any atom is 0.261 e. The molecule has 1 heterocycles. The number of carbonyl (C=O) groups excluding carboxylic acids is 3. The Morgan fingerprint density at radius 1 is 0.971 bits per heavy atom. The molecule has 3 amide bonds. The highest BCUT2D eigenvalue weighted by Crippen LogP contribution is 2.30. The maximum absolute atomic E-state index is 13.6. The Labute approximate surface area is 207 Å². The van der Waals surface area contributed by atoms with Crippen LogP contribution in [0, 0.1) is 0 Å². The Bertz CT molecular complexity index is 1110. The van der Waals surface area contributed by atoms with E-state index >= 15 is 0 Å². The van der Waals surface area contributed by atoms with Crippen molar-refractivity contribution in [3.05, 3.63) is 87.6 Å². The molecule has 1 atom stereocenters. The molecule has 1 unspecified atom stereocenters. The lowest BCUT2D eigenvalue weighted by molar-refractivity contribution is -0.126. The van der Waals surface area contributed by atoms with E-state index < -0.39 is 11.9 Å². The number of carbonyl (C=O) groups is 3. The first-order valence-electron chi connectivity index (χ1n) is 11.3. The van der Waals surface area contributed by atoms with Crippen molar-refractivity contribution in [3.63, 3.8) is 0 Å². The molecule has 1 fully saturated rings. The SMILES string of the molecule is O=C(NCC(=O)N(c1ccccc1)C(C(=O)NC1CCCC1)c1ccc(Cl)cc1)c1cccs1. The highest BCUT2D eigenvalue weighted by molar-refractivity contribution is 7.12. The molecule has 8 heteroatoms. The van der Waals surface area contributed by atoms with E-state index in [0.717, 1.165) is 25.7 Å². The summed E-state index contributed by atoms with van der Waals surface area (Å²) in [5.41, 5.74) is 1.21. The third-order valence-electron chi connectivity index (χ3n) is 5.84. The van der Waals surface area contributed by atoms with Crippen molar-refractivity contribution in [1.82, 2.24) is 10.6 Å². The standard InChI is InChI=1S/C26H26ClN3O3S/c27-19-14-12-18(13-15-19)24(26(33)29-20-7-4-5-8-20)30(21-9-2-1-3-10-21)23(31)17-28-25(32)22-11-6-16-34-22/h1-3,6,9-16,20,24H,4-5,7-8,17H2,(H,28,32)(H,29,33). The van der Waals surface area contributed by atoms with Gasteiger partial charge in [-0.3, -0.25) is 19.3 Å². The fourth-order valence-corrected chi connectivity index (χ4v) is 4.94. The topological polar surface area (TPSA) is 78.5 Å². The molecule has 1 aromatic heterocycles. The third-order valence-corrected chi connectivity index (χ3v) is 6.96. The summed E-state index contributed by atoms with van der Waals surface area (Å²) in [6.07, 6.45) is 4.00. The molecule has 2 N–H and O–H groups in total. The van der Waals surface area contributed by atoms with E-state index in [2.05, 4.69) is 10.6 Å². The zero-order valence-electron chi connectivity index (χ0n) is 18.6. The Hall–Kier alpha value is -3.16. The van der Waals surface area contributed by atoms with Crippen LogP contribution in [0.4, 0.5) is 5.69 Å². The molecule has 2 aromatic carbocycles. The lowest BCUT2D eigenvalue weighted by Gasteiger charge is -2.32. The smallest absolute Gasteiger partial charge is 0.261 e. The van der Waals surface area contributed by atoms with Gasteiger partial charge in [0.15, 0.2) is 0 Å². The number of benzene rings is 2. The molecule has 1 aliphatic carbocycles. The van der Waals surface area contributed by atoms with Gasteiger partial charge in [0.1, 0.15) is 6.04 Å². The van der Waals surface area contributed by atoms with Crippen LogP contribution in [0.15, 0.2) is 72.1 Å². The Kier molecular flexibility index (Phi) is 7.98. The van der Waals surface area contributed by atoms with Gasteiger partial charge in [0.2, 0.25) is 11.8 Å². The van der Waals surface area contributed by atoms with Gasteiger partial charge in [0, 0.05) is 16.8 Å². The van der Waals surface area contributed by atoms with Crippen LogP contribution < -0.4 is 15.5 Å². The summed E-state index contributed by atoms with van der Waals surface area (Å²) < 4.78 is 0. The van der Waals surface area contributed by atoms with E-state index in [1.165, 1.54) is 16.2 Å². The van der Waals surface area contributed by atoms with Crippen molar-refractivity contribution in [3.8, 4) is 0 Å². The Morgan fingerprint density at radius 2 is 1.68 bits per heavy atom. The van der Waals surface area contributed by atoms with Crippen LogP contribution >= 0.6 is 22.9 Å². The van der Waals surface area contributed by atoms with Crippen molar-refractivity contribution in [1.29, 1.82) is 0 Å². The van der Waals surface area contributed by atoms with Crippen LogP contribution in [-0.2, 0) is 9.59 Å². The van der Waals surface area contributed by atoms with Gasteiger partial charge in [-0.15, -0.1) is 11.3 Å². The highest BCUT2D eigenvalue weighted by atomic mass is 35.5. The average Bonchev–Trinajstić information content (AvgIpc) is 3.57. The number of rotatable bonds is 8. The van der Waals surface area contributed by atoms with Crippen LogP contribution in [0.3, 0.4) is 0 Å². The minimum atomic E-state index is -0.911. The molecule has 0 radical (unpaired) electrons. The van der Waals surface area contributed by atoms with Gasteiger partial charge >= 0.3 is 0 Å².